The molecule has 0 amide bonds. The molecule has 0 aliphatic heterocycles. The Labute approximate surface area is 189 Å². The normalized spacial score (nSPS) is 11.0. The zero-order valence-electron chi connectivity index (χ0n) is 19.7. The average Bonchev–Trinajstić information content (AvgIpc) is 2.77. The summed E-state index contributed by atoms with van der Waals surface area (Å²) in [6.07, 6.45) is 16.6. The Balaban J connectivity index is 1.88. The number of aryl methyl sites for hydroxylation is 2. The van der Waals surface area contributed by atoms with Gasteiger partial charge < -0.3 is 14.9 Å². The van der Waals surface area contributed by atoms with Crippen LogP contribution in [0.3, 0.4) is 0 Å². The molecule has 0 aliphatic rings. The van der Waals surface area contributed by atoms with Gasteiger partial charge in [0, 0.05) is 0 Å². The van der Waals surface area contributed by atoms with E-state index < -0.39 is 0 Å². The van der Waals surface area contributed by atoms with E-state index in [0.717, 1.165) is 48.3 Å². The van der Waals surface area contributed by atoms with Crippen LogP contribution in [0.5, 0.6) is 23.0 Å². The maximum Gasteiger partial charge on any atom is 0.127 e. The maximum absolute atomic E-state index is 10.2. The zero-order chi connectivity index (χ0) is 22.3. The molecule has 0 spiro atoms. The van der Waals surface area contributed by atoms with E-state index in [0.29, 0.717) is 11.5 Å². The molecule has 3 nitrogen and oxygen atoms in total. The van der Waals surface area contributed by atoms with Crippen molar-refractivity contribution >= 4 is 0 Å². The molecule has 0 aromatic heterocycles. The number of phenolic OH excluding ortho intramolecular Hbond substituents is 2. The van der Waals surface area contributed by atoms with Crippen molar-refractivity contribution in [1.82, 2.24) is 0 Å². The third-order valence-corrected chi connectivity index (χ3v) is 5.94. The lowest BCUT2D eigenvalue weighted by Crippen LogP contribution is -1.92. The van der Waals surface area contributed by atoms with E-state index >= 15 is 0 Å². The number of benzene rings is 2. The Hall–Kier alpha value is -2.16. The topological polar surface area (TPSA) is 49.7 Å². The number of hydrogen-bond donors (Lipinski definition) is 2. The molecular formula is C28H42O3. The molecule has 0 radical (unpaired) electrons. The molecule has 0 heterocycles. The molecular weight excluding hydrogens is 384 g/mol. The number of phenols is 2. The molecule has 0 aliphatic carbocycles. The monoisotopic (exact) mass is 426 g/mol. The second-order valence-corrected chi connectivity index (χ2v) is 8.72. The van der Waals surface area contributed by atoms with Crippen molar-refractivity contribution in [3.63, 3.8) is 0 Å². The molecule has 0 saturated carbocycles. The molecule has 2 rings (SSSR count). The van der Waals surface area contributed by atoms with Crippen molar-refractivity contribution < 1.29 is 14.9 Å². The first-order valence-electron chi connectivity index (χ1n) is 12.5. The summed E-state index contributed by atoms with van der Waals surface area (Å²) < 4.78 is 6.07. The zero-order valence-corrected chi connectivity index (χ0v) is 19.7. The first kappa shape index (κ1) is 25.1. The van der Waals surface area contributed by atoms with Crippen LogP contribution in [0.15, 0.2) is 36.4 Å². The van der Waals surface area contributed by atoms with E-state index in [1.54, 1.807) is 24.3 Å². The third kappa shape index (κ3) is 9.67. The van der Waals surface area contributed by atoms with Gasteiger partial charge in [0.05, 0.1) is 0 Å². The van der Waals surface area contributed by atoms with E-state index in [9.17, 15) is 10.2 Å². The summed E-state index contributed by atoms with van der Waals surface area (Å²) in [4.78, 5) is 0. The first-order chi connectivity index (χ1) is 15.1. The summed E-state index contributed by atoms with van der Waals surface area (Å²) in [5.41, 5.74) is 1.89. The number of rotatable bonds is 16. The highest BCUT2D eigenvalue weighted by Crippen LogP contribution is 2.31. The number of ether oxygens (including phenoxy) is 1. The summed E-state index contributed by atoms with van der Waals surface area (Å²) in [5.74, 6) is 2.15. The van der Waals surface area contributed by atoms with Crippen LogP contribution in [0.2, 0.25) is 0 Å². The molecule has 0 atom stereocenters. The predicted octanol–water partition coefficient (Wildman–Crippen LogP) is 8.70. The first-order valence-corrected chi connectivity index (χ1v) is 12.5. The van der Waals surface area contributed by atoms with Crippen LogP contribution in [0.1, 0.15) is 102 Å². The van der Waals surface area contributed by atoms with E-state index in [1.807, 2.05) is 12.1 Å². The van der Waals surface area contributed by atoms with Gasteiger partial charge in [0.15, 0.2) is 0 Å². The van der Waals surface area contributed by atoms with Crippen LogP contribution in [0.25, 0.3) is 0 Å². The molecule has 31 heavy (non-hydrogen) atoms. The number of aromatic hydroxyl groups is 2. The van der Waals surface area contributed by atoms with Crippen LogP contribution < -0.4 is 4.74 Å². The highest BCUT2D eigenvalue weighted by molar-refractivity contribution is 5.44. The summed E-state index contributed by atoms with van der Waals surface area (Å²) in [7, 11) is 0. The Morgan fingerprint density at radius 1 is 0.548 bits per heavy atom. The molecule has 0 unspecified atom stereocenters. The molecule has 0 fully saturated rings. The Kier molecular flexibility index (Phi) is 12.0. The van der Waals surface area contributed by atoms with Crippen molar-refractivity contribution in [3.05, 3.63) is 47.5 Å². The van der Waals surface area contributed by atoms with Crippen molar-refractivity contribution in [2.45, 2.75) is 104 Å². The summed E-state index contributed by atoms with van der Waals surface area (Å²) in [6.45, 7) is 4.46. The summed E-state index contributed by atoms with van der Waals surface area (Å²) in [6, 6.07) is 10.9. The van der Waals surface area contributed by atoms with E-state index in [2.05, 4.69) is 13.8 Å². The van der Waals surface area contributed by atoms with Gasteiger partial charge in [-0.3, -0.25) is 0 Å². The van der Waals surface area contributed by atoms with Crippen molar-refractivity contribution in [2.75, 3.05) is 0 Å². The largest absolute Gasteiger partial charge is 0.508 e. The number of hydrogen-bond acceptors (Lipinski definition) is 3. The molecule has 3 heteroatoms. The third-order valence-electron chi connectivity index (χ3n) is 5.94. The van der Waals surface area contributed by atoms with E-state index in [1.165, 1.54) is 64.2 Å². The van der Waals surface area contributed by atoms with E-state index in [-0.39, 0.29) is 0 Å². The molecule has 2 aromatic carbocycles. The minimum absolute atomic E-state index is 0.343. The molecule has 172 valence electrons. The minimum Gasteiger partial charge on any atom is -0.508 e. The standard InChI is InChI=1S/C28H42O3/c1-3-5-7-9-11-13-15-23-21-25(17-19-27(23)29)31-26-18-20-28(30)24(22-26)16-14-12-10-8-6-4-2/h17-22,29-30H,3-16H2,1-2H3. The Morgan fingerprint density at radius 3 is 1.35 bits per heavy atom. The molecule has 0 saturated heterocycles. The SMILES string of the molecule is CCCCCCCCc1cc(Oc2ccc(O)c(CCCCCCCC)c2)ccc1O. The molecule has 0 bridgehead atoms. The molecule has 2 N–H and O–H groups in total. The van der Waals surface area contributed by atoms with Crippen molar-refractivity contribution in [2.24, 2.45) is 0 Å². The van der Waals surface area contributed by atoms with Gasteiger partial charge in [-0.15, -0.1) is 0 Å². The molecule has 2 aromatic rings. The average molecular weight is 427 g/mol. The van der Waals surface area contributed by atoms with Gasteiger partial charge in [-0.2, -0.15) is 0 Å². The fraction of sp³-hybridized carbons (Fsp3) is 0.571. The van der Waals surface area contributed by atoms with Gasteiger partial charge in [0.2, 0.25) is 0 Å². The summed E-state index contributed by atoms with van der Waals surface area (Å²) >= 11 is 0. The van der Waals surface area contributed by atoms with Crippen LogP contribution >= 0.6 is 0 Å². The van der Waals surface area contributed by atoms with Crippen LogP contribution in [0.4, 0.5) is 0 Å². The Bertz CT molecular complexity index is 690. The lowest BCUT2D eigenvalue weighted by Gasteiger charge is -2.12. The quantitative estimate of drug-likeness (QED) is 0.264. The van der Waals surface area contributed by atoms with Gasteiger partial charge in [-0.1, -0.05) is 78.1 Å². The van der Waals surface area contributed by atoms with Crippen LogP contribution in [-0.4, -0.2) is 10.2 Å². The summed E-state index contributed by atoms with van der Waals surface area (Å²) in [5, 5.41) is 20.4. The van der Waals surface area contributed by atoms with Crippen molar-refractivity contribution in [1.29, 1.82) is 0 Å². The van der Waals surface area contributed by atoms with E-state index in [4.69, 9.17) is 4.74 Å². The Morgan fingerprint density at radius 2 is 0.935 bits per heavy atom. The van der Waals surface area contributed by atoms with Crippen molar-refractivity contribution in [3.8, 4) is 23.0 Å². The van der Waals surface area contributed by atoms with Gasteiger partial charge in [0.1, 0.15) is 23.0 Å². The highest BCUT2D eigenvalue weighted by Gasteiger charge is 2.08. The smallest absolute Gasteiger partial charge is 0.127 e. The van der Waals surface area contributed by atoms with Gasteiger partial charge >= 0.3 is 0 Å². The fourth-order valence-electron chi connectivity index (χ4n) is 3.98. The second-order valence-electron chi connectivity index (χ2n) is 8.72. The second kappa shape index (κ2) is 14.8. The predicted molar refractivity (Wildman–Crippen MR) is 130 cm³/mol. The van der Waals surface area contributed by atoms with Crippen LogP contribution in [0, 0.1) is 0 Å². The fourth-order valence-corrected chi connectivity index (χ4v) is 3.98. The highest BCUT2D eigenvalue weighted by atomic mass is 16.5. The van der Waals surface area contributed by atoms with Crippen LogP contribution in [-0.2, 0) is 12.8 Å². The minimum atomic E-state index is 0.343. The lowest BCUT2D eigenvalue weighted by molar-refractivity contribution is 0.450. The maximum atomic E-state index is 10.2. The van der Waals surface area contributed by atoms with Gasteiger partial charge in [-0.25, -0.2) is 0 Å². The van der Waals surface area contributed by atoms with Gasteiger partial charge in [0.25, 0.3) is 0 Å². The number of unbranched alkanes of at least 4 members (excludes halogenated alkanes) is 10. The van der Waals surface area contributed by atoms with Gasteiger partial charge in [-0.05, 0) is 73.2 Å². The lowest BCUT2D eigenvalue weighted by atomic mass is 10.0.